The van der Waals surface area contributed by atoms with Crippen molar-refractivity contribution in [2.75, 3.05) is 13.2 Å². The molecular weight excluding hydrogens is 1020 g/mol. The molecule has 0 radical (unpaired) electrons. The molecule has 83 heavy (non-hydrogen) atoms. The Labute approximate surface area is 515 Å². The summed E-state index contributed by atoms with van der Waals surface area (Å²) in [5.41, 5.74) is 0. The van der Waals surface area contributed by atoms with E-state index in [-0.39, 0.29) is 37.5 Å². The number of esters is 3. The minimum Gasteiger partial charge on any atom is -0.462 e. The first-order valence-electron chi connectivity index (χ1n) is 36.1. The number of ether oxygens (including phenoxy) is 3. The summed E-state index contributed by atoms with van der Waals surface area (Å²) in [4.78, 5) is 38.5. The molecule has 0 aliphatic carbocycles. The average molecular weight is 1160 g/mol. The van der Waals surface area contributed by atoms with Gasteiger partial charge in [-0.2, -0.15) is 0 Å². The van der Waals surface area contributed by atoms with Crippen LogP contribution in [0.5, 0.6) is 0 Å². The molecule has 0 saturated carbocycles. The first-order chi connectivity index (χ1) is 41.0. The van der Waals surface area contributed by atoms with E-state index in [0.29, 0.717) is 19.3 Å². The summed E-state index contributed by atoms with van der Waals surface area (Å²) in [6.45, 7) is 6.53. The van der Waals surface area contributed by atoms with E-state index < -0.39 is 6.10 Å². The van der Waals surface area contributed by atoms with Crippen molar-refractivity contribution in [3.05, 3.63) is 85.1 Å². The highest BCUT2D eigenvalue weighted by Crippen LogP contribution is 2.18. The maximum atomic E-state index is 13.0. The van der Waals surface area contributed by atoms with Crippen LogP contribution in [-0.4, -0.2) is 37.2 Å². The fourth-order valence-corrected chi connectivity index (χ4v) is 10.5. The fourth-order valence-electron chi connectivity index (χ4n) is 10.5. The molecule has 0 fully saturated rings. The molecular formula is C77H136O6. The molecule has 0 aliphatic heterocycles. The second-order valence-corrected chi connectivity index (χ2v) is 24.1. The van der Waals surface area contributed by atoms with Crippen molar-refractivity contribution in [2.45, 2.75) is 374 Å². The third-order valence-electron chi connectivity index (χ3n) is 15.9. The van der Waals surface area contributed by atoms with Crippen molar-refractivity contribution in [2.24, 2.45) is 0 Å². The molecule has 0 heterocycles. The standard InChI is InChI=1S/C77H136O6/c1-4-7-10-13-16-19-22-25-28-31-33-35-37-38-40-41-43-46-49-52-55-58-61-64-67-70-76(79)82-73-74(72-81-75(78)69-66-63-60-57-54-51-48-45-30-27-24-21-18-15-12-9-6-3)83-77(80)71-68-65-62-59-56-53-50-47-44-42-39-36-34-32-29-26-23-20-17-14-11-8-5-2/h9,12,18,21,27,30-34,48,51,57,60,74H,4-8,10-11,13-17,19-20,22-26,28-29,35-47,49-50,52-56,58-59,61-73H2,1-3H3/b12-9-,21-18-,30-27-,33-31-,34-32-,51-48-,60-57-. The first kappa shape index (κ1) is 79.6. The zero-order valence-corrected chi connectivity index (χ0v) is 55.2. The highest BCUT2D eigenvalue weighted by Gasteiger charge is 2.19. The molecule has 1 atom stereocenters. The second kappa shape index (κ2) is 71.1. The molecule has 0 aliphatic rings. The van der Waals surface area contributed by atoms with Gasteiger partial charge in [0.15, 0.2) is 6.10 Å². The lowest BCUT2D eigenvalue weighted by molar-refractivity contribution is -0.167. The third kappa shape index (κ3) is 69.3. The van der Waals surface area contributed by atoms with Crippen LogP contribution in [0.15, 0.2) is 85.1 Å². The first-order valence-corrected chi connectivity index (χ1v) is 36.1. The quantitative estimate of drug-likeness (QED) is 0.0261. The second-order valence-electron chi connectivity index (χ2n) is 24.1. The SMILES string of the molecule is CC/C=C\C/C=C\C/C=C\C/C=C\C/C=C\CCCC(=O)OCC(COC(=O)CCCCCCCCCCCCCCC/C=C\CCCCCCCCCC)OC(=O)CCCCCCCCCCCCC/C=C\CCCCCCCCCC. The smallest absolute Gasteiger partial charge is 0.306 e. The molecule has 0 N–H and O–H groups in total. The Morgan fingerprint density at radius 1 is 0.253 bits per heavy atom. The summed E-state index contributed by atoms with van der Waals surface area (Å²) in [5.74, 6) is -0.935. The molecule has 0 bridgehead atoms. The van der Waals surface area contributed by atoms with E-state index in [1.54, 1.807) is 0 Å². The summed E-state index contributed by atoms with van der Waals surface area (Å²) in [7, 11) is 0. The molecule has 0 spiro atoms. The van der Waals surface area contributed by atoms with Crippen molar-refractivity contribution < 1.29 is 28.6 Å². The van der Waals surface area contributed by atoms with Crippen molar-refractivity contribution in [3.8, 4) is 0 Å². The van der Waals surface area contributed by atoms with Gasteiger partial charge in [0.05, 0.1) is 0 Å². The van der Waals surface area contributed by atoms with Crippen LogP contribution in [0.3, 0.4) is 0 Å². The predicted octanol–water partition coefficient (Wildman–Crippen LogP) is 25.0. The Balaban J connectivity index is 4.36. The van der Waals surface area contributed by atoms with Crippen LogP contribution in [0, 0.1) is 0 Å². The van der Waals surface area contributed by atoms with Gasteiger partial charge in [-0.1, -0.05) is 324 Å². The molecule has 480 valence electrons. The number of allylic oxidation sites excluding steroid dienone is 14. The minimum absolute atomic E-state index is 0.0921. The van der Waals surface area contributed by atoms with Crippen LogP contribution in [0.4, 0.5) is 0 Å². The Morgan fingerprint density at radius 3 is 0.795 bits per heavy atom. The maximum Gasteiger partial charge on any atom is 0.306 e. The van der Waals surface area contributed by atoms with Gasteiger partial charge in [0.2, 0.25) is 0 Å². The van der Waals surface area contributed by atoms with Gasteiger partial charge in [0.25, 0.3) is 0 Å². The molecule has 1 unspecified atom stereocenters. The van der Waals surface area contributed by atoms with Gasteiger partial charge in [-0.05, 0) is 109 Å². The van der Waals surface area contributed by atoms with Gasteiger partial charge in [-0.3, -0.25) is 14.4 Å². The highest BCUT2D eigenvalue weighted by molar-refractivity contribution is 5.71. The number of unbranched alkanes of at least 4 members (excludes halogenated alkanes) is 41. The highest BCUT2D eigenvalue weighted by atomic mass is 16.6. The maximum absolute atomic E-state index is 13.0. The van der Waals surface area contributed by atoms with E-state index in [4.69, 9.17) is 14.2 Å². The van der Waals surface area contributed by atoms with Gasteiger partial charge in [-0.15, -0.1) is 0 Å². The van der Waals surface area contributed by atoms with E-state index in [0.717, 1.165) is 77.0 Å². The molecule has 0 aromatic heterocycles. The number of carbonyl (C=O) groups is 3. The molecule has 0 aromatic carbocycles. The zero-order chi connectivity index (χ0) is 59.9. The van der Waals surface area contributed by atoms with Crippen LogP contribution < -0.4 is 0 Å². The van der Waals surface area contributed by atoms with Gasteiger partial charge in [0, 0.05) is 19.3 Å². The number of carbonyl (C=O) groups excluding carboxylic acids is 3. The Hall–Kier alpha value is -3.41. The van der Waals surface area contributed by atoms with Crippen LogP contribution in [0.25, 0.3) is 0 Å². The zero-order valence-electron chi connectivity index (χ0n) is 55.2. The lowest BCUT2D eigenvalue weighted by atomic mass is 10.0. The summed E-state index contributed by atoms with van der Waals surface area (Å²) in [6, 6.07) is 0. The van der Waals surface area contributed by atoms with Crippen molar-refractivity contribution in [1.29, 1.82) is 0 Å². The number of hydrogen-bond acceptors (Lipinski definition) is 6. The van der Waals surface area contributed by atoms with Gasteiger partial charge in [-0.25, -0.2) is 0 Å². The summed E-state index contributed by atoms with van der Waals surface area (Å²) in [5, 5.41) is 0. The van der Waals surface area contributed by atoms with Gasteiger partial charge in [0.1, 0.15) is 13.2 Å². The largest absolute Gasteiger partial charge is 0.462 e. The van der Waals surface area contributed by atoms with E-state index in [1.807, 2.05) is 0 Å². The van der Waals surface area contributed by atoms with Crippen LogP contribution in [0.1, 0.15) is 367 Å². The van der Waals surface area contributed by atoms with E-state index in [2.05, 4.69) is 106 Å². The average Bonchev–Trinajstić information content (AvgIpc) is 3.49. The Morgan fingerprint density at radius 2 is 0.482 bits per heavy atom. The lowest BCUT2D eigenvalue weighted by Crippen LogP contribution is -2.30. The summed E-state index contributed by atoms with van der Waals surface area (Å²) < 4.78 is 17.0. The third-order valence-corrected chi connectivity index (χ3v) is 15.9. The lowest BCUT2D eigenvalue weighted by Gasteiger charge is -2.18. The molecule has 0 rings (SSSR count). The topological polar surface area (TPSA) is 78.9 Å². The van der Waals surface area contributed by atoms with Crippen molar-refractivity contribution in [3.63, 3.8) is 0 Å². The van der Waals surface area contributed by atoms with E-state index in [1.165, 1.54) is 244 Å². The minimum atomic E-state index is -0.802. The van der Waals surface area contributed by atoms with Gasteiger partial charge >= 0.3 is 17.9 Å². The van der Waals surface area contributed by atoms with Crippen LogP contribution in [0.2, 0.25) is 0 Å². The summed E-state index contributed by atoms with van der Waals surface area (Å²) in [6.07, 6.45) is 94.8. The summed E-state index contributed by atoms with van der Waals surface area (Å²) >= 11 is 0. The molecule has 6 heteroatoms. The molecule has 6 nitrogen and oxygen atoms in total. The molecule has 0 aromatic rings. The van der Waals surface area contributed by atoms with Crippen LogP contribution in [-0.2, 0) is 28.6 Å². The van der Waals surface area contributed by atoms with E-state index >= 15 is 0 Å². The van der Waals surface area contributed by atoms with Crippen molar-refractivity contribution >= 4 is 17.9 Å². The number of rotatable bonds is 66. The monoisotopic (exact) mass is 1160 g/mol. The normalized spacial score (nSPS) is 12.6. The Kier molecular flexibility index (Phi) is 68.2. The van der Waals surface area contributed by atoms with Crippen LogP contribution >= 0.6 is 0 Å². The Bertz CT molecular complexity index is 1570. The fraction of sp³-hybridized carbons (Fsp3) is 0.779. The van der Waals surface area contributed by atoms with E-state index in [9.17, 15) is 14.4 Å². The van der Waals surface area contributed by atoms with Gasteiger partial charge < -0.3 is 14.2 Å². The molecule has 0 amide bonds. The van der Waals surface area contributed by atoms with Crippen molar-refractivity contribution in [1.82, 2.24) is 0 Å². The molecule has 0 saturated heterocycles. The predicted molar refractivity (Wildman–Crippen MR) is 362 cm³/mol. The number of hydrogen-bond donors (Lipinski definition) is 0.